The summed E-state index contributed by atoms with van der Waals surface area (Å²) >= 11 is 0. The highest BCUT2D eigenvalue weighted by molar-refractivity contribution is 7.84. The van der Waals surface area contributed by atoms with Gasteiger partial charge in [0.2, 0.25) is 0 Å². The highest BCUT2D eigenvalue weighted by atomic mass is 32.2. The quantitative estimate of drug-likeness (QED) is 0.826. The zero-order valence-electron chi connectivity index (χ0n) is 8.64. The molecule has 0 spiro atoms. The monoisotopic (exact) mass is 239 g/mol. The Kier molecular flexibility index (Phi) is 3.14. The van der Waals surface area contributed by atoms with Crippen molar-refractivity contribution in [2.75, 3.05) is 0 Å². The van der Waals surface area contributed by atoms with Gasteiger partial charge >= 0.3 is 0 Å². The Morgan fingerprint density at radius 3 is 2.88 bits per heavy atom. The van der Waals surface area contributed by atoms with E-state index in [1.165, 1.54) is 18.2 Å². The van der Waals surface area contributed by atoms with Crippen LogP contribution in [-0.4, -0.2) is 9.37 Å². The zero-order valence-corrected chi connectivity index (χ0v) is 9.46. The molecule has 0 N–H and O–H groups in total. The number of rotatable bonds is 3. The molecule has 0 aliphatic carbocycles. The number of halogens is 1. The van der Waals surface area contributed by atoms with Crippen LogP contribution < -0.4 is 0 Å². The van der Waals surface area contributed by atoms with Gasteiger partial charge in [0.25, 0.3) is 0 Å². The molecule has 1 aromatic heterocycles. The van der Waals surface area contributed by atoms with Crippen molar-refractivity contribution in [2.24, 2.45) is 0 Å². The van der Waals surface area contributed by atoms with E-state index >= 15 is 0 Å². The van der Waals surface area contributed by atoms with Crippen LogP contribution in [0.15, 0.2) is 39.8 Å². The maximum atomic E-state index is 12.9. The predicted octanol–water partition coefficient (Wildman–Crippen LogP) is 2.43. The van der Waals surface area contributed by atoms with Crippen molar-refractivity contribution in [1.29, 1.82) is 0 Å². The van der Waals surface area contributed by atoms with Gasteiger partial charge in [0.15, 0.2) is 0 Å². The number of benzene rings is 1. The molecule has 0 fully saturated rings. The van der Waals surface area contributed by atoms with Gasteiger partial charge in [-0.15, -0.1) is 0 Å². The second-order valence-electron chi connectivity index (χ2n) is 3.38. The van der Waals surface area contributed by atoms with Gasteiger partial charge in [0, 0.05) is 11.0 Å². The zero-order chi connectivity index (χ0) is 11.5. The Balaban J connectivity index is 2.14. The third-order valence-corrected chi connectivity index (χ3v) is 3.34. The van der Waals surface area contributed by atoms with Crippen molar-refractivity contribution in [1.82, 2.24) is 5.16 Å². The van der Waals surface area contributed by atoms with E-state index in [-0.39, 0.29) is 11.6 Å². The normalized spacial score (nSPS) is 12.6. The third-order valence-electron chi connectivity index (χ3n) is 2.01. The Morgan fingerprint density at radius 2 is 2.25 bits per heavy atom. The molecule has 0 radical (unpaired) electrons. The van der Waals surface area contributed by atoms with Crippen LogP contribution in [0, 0.1) is 12.7 Å². The van der Waals surface area contributed by atoms with E-state index in [2.05, 4.69) is 5.16 Å². The Morgan fingerprint density at radius 1 is 1.44 bits per heavy atom. The van der Waals surface area contributed by atoms with E-state index in [0.29, 0.717) is 10.7 Å². The molecule has 1 atom stereocenters. The van der Waals surface area contributed by atoms with Crippen molar-refractivity contribution in [2.45, 2.75) is 17.6 Å². The van der Waals surface area contributed by atoms with Gasteiger partial charge in [0.1, 0.15) is 11.6 Å². The average molecular weight is 239 g/mol. The molecular formula is C11H10FNO2S. The van der Waals surface area contributed by atoms with Crippen LogP contribution in [0.4, 0.5) is 4.39 Å². The molecule has 0 aliphatic heterocycles. The minimum absolute atomic E-state index is 0.213. The maximum Gasteiger partial charge on any atom is 0.149 e. The minimum atomic E-state index is -1.31. The molecule has 0 bridgehead atoms. The molecular weight excluding hydrogens is 229 g/mol. The van der Waals surface area contributed by atoms with Crippen LogP contribution in [-0.2, 0) is 16.6 Å². The van der Waals surface area contributed by atoms with Crippen LogP contribution in [0.5, 0.6) is 0 Å². The first-order valence-corrected chi connectivity index (χ1v) is 6.03. The topological polar surface area (TPSA) is 43.1 Å². The molecule has 0 saturated heterocycles. The highest BCUT2D eigenvalue weighted by Crippen LogP contribution is 2.14. The van der Waals surface area contributed by atoms with Crippen LogP contribution >= 0.6 is 0 Å². The largest absolute Gasteiger partial charge is 0.360 e. The van der Waals surface area contributed by atoms with Gasteiger partial charge in [-0.2, -0.15) is 0 Å². The molecule has 1 aromatic carbocycles. The molecule has 0 amide bonds. The summed E-state index contributed by atoms with van der Waals surface area (Å²) < 4.78 is 29.7. The molecule has 0 saturated carbocycles. The number of aryl methyl sites for hydroxylation is 1. The molecule has 0 aliphatic rings. The standard InChI is InChI=1S/C11H10FNO2S/c1-8-5-10(15-13-8)7-16(14)11-4-2-3-9(12)6-11/h2-6H,7H2,1H3. The van der Waals surface area contributed by atoms with Gasteiger partial charge in [-0.3, -0.25) is 4.21 Å². The summed E-state index contributed by atoms with van der Waals surface area (Å²) in [5.74, 6) is 0.365. The highest BCUT2D eigenvalue weighted by Gasteiger charge is 2.09. The van der Waals surface area contributed by atoms with Gasteiger partial charge in [-0.25, -0.2) is 4.39 Å². The van der Waals surface area contributed by atoms with Gasteiger partial charge in [-0.05, 0) is 25.1 Å². The molecule has 16 heavy (non-hydrogen) atoms. The SMILES string of the molecule is Cc1cc(CS(=O)c2cccc(F)c2)on1. The van der Waals surface area contributed by atoms with Crippen molar-refractivity contribution in [3.05, 3.63) is 47.6 Å². The lowest BCUT2D eigenvalue weighted by Crippen LogP contribution is -1.95. The second kappa shape index (κ2) is 4.57. The smallest absolute Gasteiger partial charge is 0.149 e. The lowest BCUT2D eigenvalue weighted by molar-refractivity contribution is 0.390. The predicted molar refractivity (Wildman–Crippen MR) is 57.8 cm³/mol. The molecule has 1 unspecified atom stereocenters. The fraction of sp³-hybridized carbons (Fsp3) is 0.182. The number of nitrogens with zero attached hydrogens (tertiary/aromatic N) is 1. The Bertz CT molecular complexity index is 524. The summed E-state index contributed by atoms with van der Waals surface area (Å²) in [6.07, 6.45) is 0. The summed E-state index contributed by atoms with van der Waals surface area (Å²) in [6, 6.07) is 7.46. The fourth-order valence-corrected chi connectivity index (χ4v) is 2.34. The van der Waals surface area contributed by atoms with Crippen molar-refractivity contribution < 1.29 is 13.1 Å². The van der Waals surface area contributed by atoms with E-state index in [4.69, 9.17) is 4.52 Å². The summed E-state index contributed by atoms with van der Waals surface area (Å²) in [6.45, 7) is 1.79. The Labute approximate surface area is 94.7 Å². The molecule has 84 valence electrons. The number of hydrogen-bond acceptors (Lipinski definition) is 3. The fourth-order valence-electron chi connectivity index (χ4n) is 1.31. The second-order valence-corrected chi connectivity index (χ2v) is 4.83. The molecule has 1 heterocycles. The first-order valence-electron chi connectivity index (χ1n) is 4.71. The molecule has 3 nitrogen and oxygen atoms in total. The average Bonchev–Trinajstić information content (AvgIpc) is 2.64. The summed E-state index contributed by atoms with van der Waals surface area (Å²) in [7, 11) is -1.31. The summed E-state index contributed by atoms with van der Waals surface area (Å²) in [5, 5.41) is 3.70. The van der Waals surface area contributed by atoms with Gasteiger partial charge in [0.05, 0.1) is 22.2 Å². The third kappa shape index (κ3) is 2.55. The summed E-state index contributed by atoms with van der Waals surface area (Å²) in [5.41, 5.74) is 0.742. The first kappa shape index (κ1) is 11.0. The maximum absolute atomic E-state index is 12.9. The molecule has 5 heteroatoms. The minimum Gasteiger partial charge on any atom is -0.360 e. The number of aromatic nitrogens is 1. The van der Waals surface area contributed by atoms with E-state index in [0.717, 1.165) is 5.69 Å². The first-order chi connectivity index (χ1) is 7.65. The van der Waals surface area contributed by atoms with E-state index < -0.39 is 10.8 Å². The molecule has 2 aromatic rings. The van der Waals surface area contributed by atoms with E-state index in [1.54, 1.807) is 19.1 Å². The lowest BCUT2D eigenvalue weighted by atomic mass is 10.4. The number of hydrogen-bond donors (Lipinski definition) is 0. The molecule has 2 rings (SSSR count). The van der Waals surface area contributed by atoms with E-state index in [9.17, 15) is 8.60 Å². The Hall–Kier alpha value is -1.49. The van der Waals surface area contributed by atoms with Crippen LogP contribution in [0.1, 0.15) is 11.5 Å². The van der Waals surface area contributed by atoms with Gasteiger partial charge in [-0.1, -0.05) is 11.2 Å². The van der Waals surface area contributed by atoms with Crippen molar-refractivity contribution in [3.8, 4) is 0 Å². The lowest BCUT2D eigenvalue weighted by Gasteiger charge is -1.99. The van der Waals surface area contributed by atoms with Crippen molar-refractivity contribution >= 4 is 10.8 Å². The van der Waals surface area contributed by atoms with Crippen LogP contribution in [0.3, 0.4) is 0 Å². The van der Waals surface area contributed by atoms with Gasteiger partial charge < -0.3 is 4.52 Å². The van der Waals surface area contributed by atoms with Crippen LogP contribution in [0.2, 0.25) is 0 Å². The van der Waals surface area contributed by atoms with Crippen molar-refractivity contribution in [3.63, 3.8) is 0 Å². The summed E-state index contributed by atoms with van der Waals surface area (Å²) in [4.78, 5) is 0.453. The van der Waals surface area contributed by atoms with E-state index in [1.807, 2.05) is 0 Å². The van der Waals surface area contributed by atoms with Crippen LogP contribution in [0.25, 0.3) is 0 Å².